The highest BCUT2D eigenvalue weighted by Gasteiger charge is 2.34. The van der Waals surface area contributed by atoms with Crippen molar-refractivity contribution in [1.82, 2.24) is 19.9 Å². The molecular formula is C11H17N5O5. The number of imidazole rings is 1. The number of aliphatic hydroxyl groups is 4. The van der Waals surface area contributed by atoms with E-state index in [2.05, 4.69) is 19.9 Å². The molecule has 0 aromatic carbocycles. The molecule has 2 heterocycles. The lowest BCUT2D eigenvalue weighted by molar-refractivity contribution is -0.148. The van der Waals surface area contributed by atoms with Crippen molar-refractivity contribution in [2.75, 3.05) is 12.3 Å². The summed E-state index contributed by atoms with van der Waals surface area (Å²) in [5.74, 6) is 0.433. The molecule has 2 aromatic heterocycles. The largest absolute Gasteiger partial charge is 0.394 e. The van der Waals surface area contributed by atoms with Crippen LogP contribution in [0.5, 0.6) is 0 Å². The van der Waals surface area contributed by atoms with Crippen molar-refractivity contribution in [3.05, 3.63) is 12.7 Å². The molecule has 10 heteroatoms. The predicted octanol–water partition coefficient (Wildman–Crippen LogP) is -2.41. The Morgan fingerprint density at radius 1 is 1.43 bits per heavy atom. The molecule has 21 heavy (non-hydrogen) atoms. The SMILES string of the molecule is CC(O)(C=O)C(O)C(O)CO.Nc1ncnc2nc[nH]c12. The van der Waals surface area contributed by atoms with Gasteiger partial charge >= 0.3 is 0 Å². The van der Waals surface area contributed by atoms with E-state index >= 15 is 0 Å². The number of hydrogen-bond donors (Lipinski definition) is 6. The second-order valence-corrected chi connectivity index (χ2v) is 4.40. The number of anilines is 1. The van der Waals surface area contributed by atoms with E-state index in [0.29, 0.717) is 17.0 Å². The van der Waals surface area contributed by atoms with Crippen LogP contribution in [0.15, 0.2) is 12.7 Å². The monoisotopic (exact) mass is 299 g/mol. The molecule has 0 fully saturated rings. The maximum Gasteiger partial charge on any atom is 0.182 e. The summed E-state index contributed by atoms with van der Waals surface area (Å²) in [6.07, 6.45) is -0.134. The molecule has 0 saturated carbocycles. The molecule has 116 valence electrons. The Kier molecular flexibility index (Phi) is 5.67. The average molecular weight is 299 g/mol. The molecule has 3 unspecified atom stereocenters. The Hall–Kier alpha value is -2.14. The summed E-state index contributed by atoms with van der Waals surface area (Å²) in [7, 11) is 0. The molecule has 0 saturated heterocycles. The smallest absolute Gasteiger partial charge is 0.182 e. The fourth-order valence-corrected chi connectivity index (χ4v) is 1.34. The van der Waals surface area contributed by atoms with Crippen LogP contribution in [0.25, 0.3) is 11.2 Å². The molecule has 0 spiro atoms. The van der Waals surface area contributed by atoms with Gasteiger partial charge in [-0.15, -0.1) is 0 Å². The van der Waals surface area contributed by atoms with Crippen molar-refractivity contribution in [2.45, 2.75) is 24.7 Å². The molecule has 0 radical (unpaired) electrons. The molecule has 0 bridgehead atoms. The highest BCUT2D eigenvalue weighted by atomic mass is 16.4. The summed E-state index contributed by atoms with van der Waals surface area (Å²) in [6.45, 7) is 0.342. The first kappa shape index (κ1) is 16.9. The zero-order valence-electron chi connectivity index (χ0n) is 11.2. The first-order valence-corrected chi connectivity index (χ1v) is 5.88. The number of hydrogen-bond acceptors (Lipinski definition) is 9. The molecule has 0 aliphatic heterocycles. The van der Waals surface area contributed by atoms with Crippen LogP contribution >= 0.6 is 0 Å². The van der Waals surface area contributed by atoms with Crippen molar-refractivity contribution in [3.63, 3.8) is 0 Å². The predicted molar refractivity (Wildman–Crippen MR) is 71.9 cm³/mol. The zero-order valence-corrected chi connectivity index (χ0v) is 11.2. The number of carbonyl (C=O) groups is 1. The van der Waals surface area contributed by atoms with Gasteiger partial charge in [0.2, 0.25) is 0 Å². The Morgan fingerprint density at radius 2 is 2.10 bits per heavy atom. The van der Waals surface area contributed by atoms with Crippen LogP contribution in [0.3, 0.4) is 0 Å². The van der Waals surface area contributed by atoms with Gasteiger partial charge in [0, 0.05) is 0 Å². The van der Waals surface area contributed by atoms with E-state index in [1.165, 1.54) is 12.7 Å². The van der Waals surface area contributed by atoms with Crippen molar-refractivity contribution in [2.24, 2.45) is 0 Å². The lowest BCUT2D eigenvalue weighted by atomic mass is 9.97. The van der Waals surface area contributed by atoms with Crippen LogP contribution < -0.4 is 5.73 Å². The van der Waals surface area contributed by atoms with Crippen LogP contribution in [0.4, 0.5) is 5.82 Å². The number of nitrogens with one attached hydrogen (secondary N) is 1. The third-order valence-electron chi connectivity index (χ3n) is 2.64. The third kappa shape index (κ3) is 4.16. The fraction of sp³-hybridized carbons (Fsp3) is 0.455. The highest BCUT2D eigenvalue weighted by molar-refractivity contribution is 5.80. The van der Waals surface area contributed by atoms with E-state index in [9.17, 15) is 4.79 Å². The van der Waals surface area contributed by atoms with E-state index in [4.69, 9.17) is 26.2 Å². The van der Waals surface area contributed by atoms with Gasteiger partial charge < -0.3 is 35.9 Å². The number of nitrogens with two attached hydrogens (primary N) is 1. The number of aromatic amines is 1. The van der Waals surface area contributed by atoms with Gasteiger partial charge in [-0.1, -0.05) is 0 Å². The first-order chi connectivity index (χ1) is 9.83. The third-order valence-corrected chi connectivity index (χ3v) is 2.64. The van der Waals surface area contributed by atoms with E-state index in [1.807, 2.05) is 0 Å². The number of aromatic nitrogens is 4. The van der Waals surface area contributed by atoms with Gasteiger partial charge in [0.1, 0.15) is 29.7 Å². The molecule has 0 amide bonds. The topological polar surface area (TPSA) is 178 Å². The van der Waals surface area contributed by atoms with Crippen molar-refractivity contribution in [1.29, 1.82) is 0 Å². The minimum atomic E-state index is -2.01. The van der Waals surface area contributed by atoms with Gasteiger partial charge in [-0.05, 0) is 6.92 Å². The van der Waals surface area contributed by atoms with Crippen LogP contribution in [0, 0.1) is 0 Å². The van der Waals surface area contributed by atoms with Gasteiger partial charge in [0.05, 0.1) is 12.9 Å². The van der Waals surface area contributed by atoms with E-state index in [-0.39, 0.29) is 6.29 Å². The first-order valence-electron chi connectivity index (χ1n) is 5.88. The maximum absolute atomic E-state index is 10.1. The molecule has 2 aromatic rings. The standard InChI is InChI=1S/C6H12O5.C5H5N5/c1-6(11,3-8)5(10)4(9)2-7;6-4-3-5(9-1-7-3)10-2-8-4/h3-5,7,9-11H,2H2,1H3;1-2H,(H3,6,7,8,9,10). The molecule has 3 atom stereocenters. The Balaban J connectivity index is 0.000000210. The number of fused-ring (bicyclic) bond motifs is 1. The number of aliphatic hydroxyl groups excluding tert-OH is 3. The molecule has 10 nitrogen and oxygen atoms in total. The average Bonchev–Trinajstić information content (AvgIpc) is 2.96. The number of H-pyrrole nitrogens is 1. The molecule has 0 aliphatic rings. The summed E-state index contributed by atoms with van der Waals surface area (Å²) >= 11 is 0. The molecular weight excluding hydrogens is 282 g/mol. The summed E-state index contributed by atoms with van der Waals surface area (Å²) in [5.41, 5.74) is 4.77. The number of nitrogens with zero attached hydrogens (tertiary/aromatic N) is 3. The fourth-order valence-electron chi connectivity index (χ4n) is 1.34. The maximum atomic E-state index is 10.1. The summed E-state index contributed by atoms with van der Waals surface area (Å²) < 4.78 is 0. The second kappa shape index (κ2) is 7.04. The summed E-state index contributed by atoms with van der Waals surface area (Å²) in [5, 5.41) is 35.1. The number of carbonyl (C=O) groups excluding carboxylic acids is 1. The van der Waals surface area contributed by atoms with Crippen LogP contribution in [0.1, 0.15) is 6.92 Å². The lowest BCUT2D eigenvalue weighted by Crippen LogP contribution is -2.49. The minimum Gasteiger partial charge on any atom is -0.394 e. The molecule has 2 rings (SSSR count). The van der Waals surface area contributed by atoms with Gasteiger partial charge in [-0.3, -0.25) is 0 Å². The van der Waals surface area contributed by atoms with Gasteiger partial charge in [0.15, 0.2) is 17.8 Å². The second-order valence-electron chi connectivity index (χ2n) is 4.40. The Labute approximate surface area is 119 Å². The lowest BCUT2D eigenvalue weighted by Gasteiger charge is -2.25. The quantitative estimate of drug-likeness (QED) is 0.335. The van der Waals surface area contributed by atoms with E-state index in [0.717, 1.165) is 6.92 Å². The van der Waals surface area contributed by atoms with Crippen LogP contribution in [-0.2, 0) is 4.79 Å². The van der Waals surface area contributed by atoms with E-state index in [1.54, 1.807) is 0 Å². The van der Waals surface area contributed by atoms with Gasteiger partial charge in [-0.25, -0.2) is 15.0 Å². The molecule has 0 aliphatic carbocycles. The van der Waals surface area contributed by atoms with Crippen LogP contribution in [-0.4, -0.2) is 71.1 Å². The van der Waals surface area contributed by atoms with Gasteiger partial charge in [-0.2, -0.15) is 0 Å². The highest BCUT2D eigenvalue weighted by Crippen LogP contribution is 2.10. The number of aldehydes is 1. The molecule has 7 N–H and O–H groups in total. The Bertz CT molecular complexity index is 587. The summed E-state index contributed by atoms with van der Waals surface area (Å²) in [4.78, 5) is 24.4. The van der Waals surface area contributed by atoms with Gasteiger partial charge in [0.25, 0.3) is 0 Å². The minimum absolute atomic E-state index is 0.108. The van der Waals surface area contributed by atoms with Crippen molar-refractivity contribution in [3.8, 4) is 0 Å². The van der Waals surface area contributed by atoms with Crippen LogP contribution in [0.2, 0.25) is 0 Å². The Morgan fingerprint density at radius 3 is 2.62 bits per heavy atom. The summed E-state index contributed by atoms with van der Waals surface area (Å²) in [6, 6.07) is 0. The number of rotatable bonds is 4. The normalized spacial score (nSPS) is 16.4. The van der Waals surface area contributed by atoms with E-state index < -0.39 is 24.4 Å². The van der Waals surface area contributed by atoms with Crippen molar-refractivity contribution >= 4 is 23.3 Å². The van der Waals surface area contributed by atoms with Crippen molar-refractivity contribution < 1.29 is 25.2 Å². The zero-order chi connectivity index (χ0) is 16.0. The number of nitrogen functional groups attached to an aromatic ring is 1.